The van der Waals surface area contributed by atoms with Crippen molar-refractivity contribution < 1.29 is 43.4 Å². The minimum absolute atomic E-state index is 0. The molecule has 0 saturated carbocycles. The molecule has 0 spiro atoms. The van der Waals surface area contributed by atoms with Gasteiger partial charge < -0.3 is 24.8 Å². The third kappa shape index (κ3) is 3.32. The summed E-state index contributed by atoms with van der Waals surface area (Å²) in [6, 6.07) is 12.8. The fourth-order valence-corrected chi connectivity index (χ4v) is 1.31. The fraction of sp³-hybridized carbons (Fsp3) is 0.100. The molecule has 0 aliphatic carbocycles. The van der Waals surface area contributed by atoms with Crippen molar-refractivity contribution in [2.45, 2.75) is 6.92 Å². The number of fused-ring (bicyclic) bond motifs is 1. The van der Waals surface area contributed by atoms with Gasteiger partial charge >= 0.3 is 18.6 Å². The van der Waals surface area contributed by atoms with E-state index in [4.69, 9.17) is 0 Å². The van der Waals surface area contributed by atoms with Gasteiger partial charge in [-0.3, -0.25) is 0 Å². The molecule has 0 aliphatic heterocycles. The van der Waals surface area contributed by atoms with E-state index in [1.165, 1.54) is 16.3 Å². The van der Waals surface area contributed by atoms with Gasteiger partial charge in [-0.15, -0.1) is 40.6 Å². The molecule has 2 aromatic rings. The molecule has 0 nitrogen and oxygen atoms in total. The molecule has 0 saturated heterocycles. The SMILES string of the molecule is Cc1cc2ccccc2[cH-]1.[Cl-].[Cl-].[V+2]. The van der Waals surface area contributed by atoms with Gasteiger partial charge in [-0.25, -0.2) is 0 Å². The van der Waals surface area contributed by atoms with Crippen LogP contribution in [0.1, 0.15) is 5.56 Å². The molecule has 0 bridgehead atoms. The summed E-state index contributed by atoms with van der Waals surface area (Å²) >= 11 is 0. The van der Waals surface area contributed by atoms with Gasteiger partial charge in [-0.1, -0.05) is 13.0 Å². The third-order valence-electron chi connectivity index (χ3n) is 1.76. The Bertz CT molecular complexity index is 321. The zero-order chi connectivity index (χ0) is 6.97. The average molecular weight is 251 g/mol. The van der Waals surface area contributed by atoms with Crippen LogP contribution in [0.4, 0.5) is 0 Å². The molecule has 13 heavy (non-hydrogen) atoms. The van der Waals surface area contributed by atoms with Gasteiger partial charge in [0.1, 0.15) is 0 Å². The van der Waals surface area contributed by atoms with E-state index in [0.717, 1.165) is 0 Å². The van der Waals surface area contributed by atoms with Crippen molar-refractivity contribution in [1.29, 1.82) is 0 Å². The smallest absolute Gasteiger partial charge is 1.00 e. The first-order valence-corrected chi connectivity index (χ1v) is 3.48. The van der Waals surface area contributed by atoms with E-state index in [9.17, 15) is 0 Å². The van der Waals surface area contributed by atoms with Gasteiger partial charge in [0.05, 0.1) is 0 Å². The second kappa shape index (κ2) is 6.45. The summed E-state index contributed by atoms with van der Waals surface area (Å²) < 4.78 is 0. The molecule has 0 aliphatic rings. The molecule has 0 N–H and O–H groups in total. The van der Waals surface area contributed by atoms with E-state index in [2.05, 4.69) is 43.3 Å². The molecule has 2 aromatic carbocycles. The molecular weight excluding hydrogens is 242 g/mol. The third-order valence-corrected chi connectivity index (χ3v) is 1.76. The normalized spacial score (nSPS) is 8.08. The van der Waals surface area contributed by atoms with Crippen LogP contribution in [0.2, 0.25) is 0 Å². The van der Waals surface area contributed by atoms with Gasteiger partial charge in [0.2, 0.25) is 0 Å². The zero-order valence-corrected chi connectivity index (χ0v) is 10.1. The minimum atomic E-state index is 0. The van der Waals surface area contributed by atoms with Crippen molar-refractivity contribution in [3.8, 4) is 0 Å². The van der Waals surface area contributed by atoms with Crippen LogP contribution in [0.3, 0.4) is 0 Å². The molecule has 0 amide bonds. The van der Waals surface area contributed by atoms with Crippen LogP contribution in [-0.2, 0) is 18.6 Å². The molecule has 69 valence electrons. The zero-order valence-electron chi connectivity index (χ0n) is 7.17. The molecule has 1 radical (unpaired) electrons. The number of aryl methyl sites for hydroxylation is 1. The second-order valence-corrected chi connectivity index (χ2v) is 2.66. The van der Waals surface area contributed by atoms with E-state index in [1.54, 1.807) is 0 Å². The van der Waals surface area contributed by atoms with Crippen molar-refractivity contribution in [3.63, 3.8) is 0 Å². The van der Waals surface area contributed by atoms with Crippen LogP contribution in [0.15, 0.2) is 36.4 Å². The first-order valence-electron chi connectivity index (χ1n) is 3.48. The Morgan fingerprint density at radius 3 is 2.31 bits per heavy atom. The number of hydrogen-bond acceptors (Lipinski definition) is 0. The topological polar surface area (TPSA) is 0 Å². The molecule has 0 aromatic heterocycles. The van der Waals surface area contributed by atoms with Crippen LogP contribution in [0, 0.1) is 6.92 Å². The molecule has 3 heteroatoms. The summed E-state index contributed by atoms with van der Waals surface area (Å²) in [7, 11) is 0. The van der Waals surface area contributed by atoms with Crippen LogP contribution in [0.5, 0.6) is 0 Å². The minimum Gasteiger partial charge on any atom is -1.00 e. The molecule has 2 rings (SSSR count). The Hall–Kier alpha value is -0.00558. The predicted molar refractivity (Wildman–Crippen MR) is 44.3 cm³/mol. The Morgan fingerprint density at radius 2 is 1.69 bits per heavy atom. The number of benzene rings is 1. The van der Waals surface area contributed by atoms with Crippen molar-refractivity contribution in [3.05, 3.63) is 42.0 Å². The van der Waals surface area contributed by atoms with Crippen LogP contribution < -0.4 is 24.8 Å². The summed E-state index contributed by atoms with van der Waals surface area (Å²) in [6.45, 7) is 2.12. The van der Waals surface area contributed by atoms with Crippen LogP contribution >= 0.6 is 0 Å². The van der Waals surface area contributed by atoms with E-state index >= 15 is 0 Å². The van der Waals surface area contributed by atoms with Crippen LogP contribution in [-0.4, -0.2) is 0 Å². The van der Waals surface area contributed by atoms with Gasteiger partial charge in [0, 0.05) is 0 Å². The largest absolute Gasteiger partial charge is 2.00 e. The first-order chi connectivity index (χ1) is 4.86. The van der Waals surface area contributed by atoms with Crippen molar-refractivity contribution >= 4 is 10.8 Å². The van der Waals surface area contributed by atoms with Crippen molar-refractivity contribution in [2.75, 3.05) is 0 Å². The molecule has 0 unspecified atom stereocenters. The van der Waals surface area contributed by atoms with Crippen molar-refractivity contribution in [1.82, 2.24) is 0 Å². The predicted octanol–water partition coefficient (Wildman–Crippen LogP) is -3.13. The molecule has 0 atom stereocenters. The Labute approximate surface area is 103 Å². The maximum atomic E-state index is 2.20. The van der Waals surface area contributed by atoms with E-state index < -0.39 is 0 Å². The van der Waals surface area contributed by atoms with E-state index in [1.807, 2.05) is 0 Å². The summed E-state index contributed by atoms with van der Waals surface area (Å²) in [5.41, 5.74) is 1.35. The molecule has 0 fully saturated rings. The van der Waals surface area contributed by atoms with Gasteiger partial charge in [0.25, 0.3) is 0 Å². The Kier molecular flexibility index (Phi) is 7.67. The fourth-order valence-electron chi connectivity index (χ4n) is 1.31. The van der Waals surface area contributed by atoms with Crippen LogP contribution in [0.25, 0.3) is 10.8 Å². The van der Waals surface area contributed by atoms with E-state index in [0.29, 0.717) is 0 Å². The van der Waals surface area contributed by atoms with Crippen molar-refractivity contribution in [2.24, 2.45) is 0 Å². The summed E-state index contributed by atoms with van der Waals surface area (Å²) in [5.74, 6) is 0. The van der Waals surface area contributed by atoms with Gasteiger partial charge in [0.15, 0.2) is 0 Å². The quantitative estimate of drug-likeness (QED) is 0.434. The van der Waals surface area contributed by atoms with E-state index in [-0.39, 0.29) is 43.4 Å². The maximum Gasteiger partial charge on any atom is 2.00 e. The summed E-state index contributed by atoms with van der Waals surface area (Å²) in [5, 5.41) is 2.69. The number of rotatable bonds is 0. The Morgan fingerprint density at radius 1 is 1.08 bits per heavy atom. The number of hydrogen-bond donors (Lipinski definition) is 0. The standard InChI is InChI=1S/C10H9.2ClH.V/c1-8-6-9-4-2-3-5-10(9)7-8;;;/h2-7H,1H3;2*1H;/q-1;;;+2/p-2. The average Bonchev–Trinajstić information content (AvgIpc) is 2.27. The second-order valence-electron chi connectivity index (χ2n) is 2.66. The van der Waals surface area contributed by atoms with Gasteiger partial charge in [-0.2, -0.15) is 6.07 Å². The molecular formula is C10H9Cl2V-. The summed E-state index contributed by atoms with van der Waals surface area (Å²) in [6.07, 6.45) is 0. The number of halogens is 2. The van der Waals surface area contributed by atoms with Gasteiger partial charge in [-0.05, 0) is 0 Å². The summed E-state index contributed by atoms with van der Waals surface area (Å²) in [4.78, 5) is 0. The molecule has 0 heterocycles. The Balaban J connectivity index is 0. The first kappa shape index (κ1) is 15.5. The maximum absolute atomic E-state index is 2.20. The monoisotopic (exact) mass is 250 g/mol.